The molecule has 0 aromatic rings. The molecule has 0 aromatic carbocycles. The van der Waals surface area contributed by atoms with E-state index in [1.807, 2.05) is 12.2 Å². The summed E-state index contributed by atoms with van der Waals surface area (Å²) in [6.45, 7) is 3.91. The van der Waals surface area contributed by atoms with Crippen LogP contribution in [0.4, 0.5) is 0 Å². The zero-order valence-electron chi connectivity index (χ0n) is 10.7. The first-order valence-electron chi connectivity index (χ1n) is 6.78. The summed E-state index contributed by atoms with van der Waals surface area (Å²) in [4.78, 5) is 0. The van der Waals surface area contributed by atoms with Gasteiger partial charge in [-0.1, -0.05) is 56.8 Å². The smallest absolute Gasteiger partial charge is 0.0612 e. The maximum absolute atomic E-state index is 8.53. The number of hydrogen-bond acceptors (Lipinski definition) is 1. The van der Waals surface area contributed by atoms with Gasteiger partial charge < -0.3 is 5.11 Å². The average Bonchev–Trinajstić information content (AvgIpc) is 2.31. The van der Waals surface area contributed by atoms with Crippen LogP contribution in [0.3, 0.4) is 0 Å². The molecule has 1 N–H and O–H groups in total. The van der Waals surface area contributed by atoms with Crippen molar-refractivity contribution in [1.29, 1.82) is 0 Å². The zero-order chi connectivity index (χ0) is 11.9. The highest BCUT2D eigenvalue weighted by atomic mass is 16.2. The Hall–Kier alpha value is -0.560. The van der Waals surface area contributed by atoms with Crippen molar-refractivity contribution in [3.05, 3.63) is 24.8 Å². The van der Waals surface area contributed by atoms with Crippen LogP contribution in [0.25, 0.3) is 0 Å². The minimum Gasteiger partial charge on any atom is -0.392 e. The van der Waals surface area contributed by atoms with Gasteiger partial charge in [0.15, 0.2) is 0 Å². The molecular formula is C15H28O. The highest BCUT2D eigenvalue weighted by Crippen LogP contribution is 2.10. The molecule has 0 spiro atoms. The predicted molar refractivity (Wildman–Crippen MR) is 72.6 cm³/mol. The van der Waals surface area contributed by atoms with E-state index in [-0.39, 0.29) is 6.61 Å². The second-order valence-electron chi connectivity index (χ2n) is 4.35. The largest absolute Gasteiger partial charge is 0.392 e. The molecule has 16 heavy (non-hydrogen) atoms. The summed E-state index contributed by atoms with van der Waals surface area (Å²) < 4.78 is 0. The highest BCUT2D eigenvalue weighted by molar-refractivity contribution is 4.80. The van der Waals surface area contributed by atoms with Crippen molar-refractivity contribution < 1.29 is 5.11 Å². The van der Waals surface area contributed by atoms with Crippen molar-refractivity contribution >= 4 is 0 Å². The molecule has 0 aromatic heterocycles. The summed E-state index contributed by atoms with van der Waals surface area (Å²) in [5, 5.41) is 8.53. The van der Waals surface area contributed by atoms with Crippen LogP contribution >= 0.6 is 0 Å². The molecule has 0 saturated heterocycles. The molecule has 0 bridgehead atoms. The lowest BCUT2D eigenvalue weighted by Gasteiger charge is -2.00. The standard InChI is InChI=1S/C15H28O/c1-2-3-4-5-6-7-8-9-10-11-12-13-14-15-16/h2,13-14,16H,1,3-12,15H2/b14-13-. The summed E-state index contributed by atoms with van der Waals surface area (Å²) in [5.74, 6) is 0. The molecular weight excluding hydrogens is 196 g/mol. The molecule has 0 aliphatic carbocycles. The van der Waals surface area contributed by atoms with Crippen molar-refractivity contribution in [1.82, 2.24) is 0 Å². The number of rotatable bonds is 12. The first-order chi connectivity index (χ1) is 7.91. The van der Waals surface area contributed by atoms with Crippen LogP contribution in [0.5, 0.6) is 0 Å². The Kier molecular flexibility index (Phi) is 13.9. The van der Waals surface area contributed by atoms with E-state index in [2.05, 4.69) is 12.7 Å². The zero-order valence-corrected chi connectivity index (χ0v) is 10.7. The van der Waals surface area contributed by atoms with E-state index in [0.717, 1.165) is 6.42 Å². The van der Waals surface area contributed by atoms with Gasteiger partial charge in [-0.2, -0.15) is 0 Å². The van der Waals surface area contributed by atoms with Crippen LogP contribution in [0.1, 0.15) is 64.2 Å². The molecule has 0 rings (SSSR count). The van der Waals surface area contributed by atoms with Crippen molar-refractivity contribution in [2.24, 2.45) is 0 Å². The second-order valence-corrected chi connectivity index (χ2v) is 4.35. The summed E-state index contributed by atoms with van der Waals surface area (Å²) >= 11 is 0. The summed E-state index contributed by atoms with van der Waals surface area (Å²) in [5.41, 5.74) is 0. The monoisotopic (exact) mass is 224 g/mol. The molecule has 0 atom stereocenters. The average molecular weight is 224 g/mol. The minimum atomic E-state index is 0.185. The fourth-order valence-corrected chi connectivity index (χ4v) is 1.80. The Balaban J connectivity index is 2.93. The fourth-order valence-electron chi connectivity index (χ4n) is 1.80. The Bertz CT molecular complexity index is 161. The third kappa shape index (κ3) is 13.4. The Labute approximate surface area is 101 Å². The Morgan fingerprint density at radius 2 is 1.19 bits per heavy atom. The van der Waals surface area contributed by atoms with E-state index < -0.39 is 0 Å². The van der Waals surface area contributed by atoms with Gasteiger partial charge in [0.05, 0.1) is 6.61 Å². The molecule has 0 aliphatic rings. The first-order valence-corrected chi connectivity index (χ1v) is 6.78. The quantitative estimate of drug-likeness (QED) is 0.379. The van der Waals surface area contributed by atoms with Crippen LogP contribution in [0, 0.1) is 0 Å². The lowest BCUT2D eigenvalue weighted by Crippen LogP contribution is -1.81. The summed E-state index contributed by atoms with van der Waals surface area (Å²) in [6.07, 6.45) is 19.1. The normalized spacial score (nSPS) is 11.1. The van der Waals surface area contributed by atoms with Gasteiger partial charge >= 0.3 is 0 Å². The van der Waals surface area contributed by atoms with E-state index in [1.54, 1.807) is 0 Å². The van der Waals surface area contributed by atoms with Gasteiger partial charge in [0.25, 0.3) is 0 Å². The molecule has 1 heteroatoms. The minimum absolute atomic E-state index is 0.185. The Morgan fingerprint density at radius 3 is 1.69 bits per heavy atom. The Morgan fingerprint density at radius 1 is 0.688 bits per heavy atom. The summed E-state index contributed by atoms with van der Waals surface area (Å²) in [6, 6.07) is 0. The van der Waals surface area contributed by atoms with Gasteiger partial charge in [-0.05, 0) is 25.7 Å². The van der Waals surface area contributed by atoms with E-state index >= 15 is 0 Å². The van der Waals surface area contributed by atoms with E-state index in [0.29, 0.717) is 0 Å². The number of aliphatic hydroxyl groups is 1. The van der Waals surface area contributed by atoms with Crippen molar-refractivity contribution in [2.45, 2.75) is 64.2 Å². The molecule has 0 radical (unpaired) electrons. The van der Waals surface area contributed by atoms with Crippen LogP contribution in [0.15, 0.2) is 24.8 Å². The molecule has 0 fully saturated rings. The molecule has 0 saturated carbocycles. The van der Waals surface area contributed by atoms with Gasteiger partial charge in [0, 0.05) is 0 Å². The third-order valence-electron chi connectivity index (χ3n) is 2.80. The first kappa shape index (κ1) is 15.4. The highest BCUT2D eigenvalue weighted by Gasteiger charge is 1.91. The van der Waals surface area contributed by atoms with Crippen LogP contribution in [-0.4, -0.2) is 11.7 Å². The predicted octanol–water partition coefficient (Wildman–Crippen LogP) is 4.62. The SMILES string of the molecule is C=CCCCCCCCCCC/C=C\CO. The van der Waals surface area contributed by atoms with Gasteiger partial charge in [-0.15, -0.1) is 6.58 Å². The maximum Gasteiger partial charge on any atom is 0.0612 e. The molecule has 0 heterocycles. The number of aliphatic hydroxyl groups excluding tert-OH is 1. The lowest BCUT2D eigenvalue weighted by molar-refractivity contribution is 0.342. The number of hydrogen-bond donors (Lipinski definition) is 1. The van der Waals surface area contributed by atoms with Gasteiger partial charge in [0.1, 0.15) is 0 Å². The topological polar surface area (TPSA) is 20.2 Å². The van der Waals surface area contributed by atoms with Crippen LogP contribution in [-0.2, 0) is 0 Å². The van der Waals surface area contributed by atoms with Crippen molar-refractivity contribution in [2.75, 3.05) is 6.61 Å². The number of unbranched alkanes of at least 4 members (excludes halogenated alkanes) is 9. The van der Waals surface area contributed by atoms with E-state index in [1.165, 1.54) is 57.8 Å². The molecule has 1 nitrogen and oxygen atoms in total. The molecule has 0 unspecified atom stereocenters. The van der Waals surface area contributed by atoms with Crippen LogP contribution < -0.4 is 0 Å². The van der Waals surface area contributed by atoms with Gasteiger partial charge in [-0.25, -0.2) is 0 Å². The van der Waals surface area contributed by atoms with Crippen LogP contribution in [0.2, 0.25) is 0 Å². The van der Waals surface area contributed by atoms with Gasteiger partial charge in [0.2, 0.25) is 0 Å². The van der Waals surface area contributed by atoms with E-state index in [4.69, 9.17) is 5.11 Å². The second kappa shape index (κ2) is 14.4. The molecule has 0 aliphatic heterocycles. The summed E-state index contributed by atoms with van der Waals surface area (Å²) in [7, 11) is 0. The molecule has 94 valence electrons. The van der Waals surface area contributed by atoms with E-state index in [9.17, 15) is 0 Å². The fraction of sp³-hybridized carbons (Fsp3) is 0.733. The maximum atomic E-state index is 8.53. The number of allylic oxidation sites excluding steroid dienone is 2. The third-order valence-corrected chi connectivity index (χ3v) is 2.80. The van der Waals surface area contributed by atoms with Crippen molar-refractivity contribution in [3.63, 3.8) is 0 Å². The van der Waals surface area contributed by atoms with Crippen molar-refractivity contribution in [3.8, 4) is 0 Å². The molecule has 0 amide bonds. The lowest BCUT2D eigenvalue weighted by atomic mass is 10.1. The van der Waals surface area contributed by atoms with Gasteiger partial charge in [-0.3, -0.25) is 0 Å².